The van der Waals surface area contributed by atoms with Gasteiger partial charge in [0.2, 0.25) is 0 Å². The first-order valence-corrected chi connectivity index (χ1v) is 4.13. The van der Waals surface area contributed by atoms with Crippen molar-refractivity contribution in [3.05, 3.63) is 23.3 Å². The first-order valence-electron chi connectivity index (χ1n) is 4.13. The quantitative estimate of drug-likeness (QED) is 0.546. The van der Waals surface area contributed by atoms with E-state index in [1.54, 1.807) is 5.57 Å². The molecule has 0 aromatic rings. The Morgan fingerprint density at radius 1 is 1.50 bits per heavy atom. The van der Waals surface area contributed by atoms with Crippen LogP contribution in [0.4, 0.5) is 0 Å². The summed E-state index contributed by atoms with van der Waals surface area (Å²) in [6.07, 6.45) is 7.21. The van der Waals surface area contributed by atoms with Gasteiger partial charge in [-0.3, -0.25) is 0 Å². The van der Waals surface area contributed by atoms with Crippen LogP contribution in [0.2, 0.25) is 0 Å². The average Bonchev–Trinajstić information content (AvgIpc) is 2.13. The van der Waals surface area contributed by atoms with Crippen LogP contribution in [0.3, 0.4) is 0 Å². The summed E-state index contributed by atoms with van der Waals surface area (Å²) < 4.78 is 0. The first-order chi connectivity index (χ1) is 4.74. The fourth-order valence-corrected chi connectivity index (χ4v) is 1.56. The Labute approximate surface area is 63.6 Å². The molecule has 0 radical (unpaired) electrons. The Kier molecular flexibility index (Phi) is 2.31. The van der Waals surface area contributed by atoms with Crippen molar-refractivity contribution in [3.63, 3.8) is 0 Å². The van der Waals surface area contributed by atoms with E-state index in [0.29, 0.717) is 5.92 Å². The third-order valence-electron chi connectivity index (χ3n) is 2.05. The predicted molar refractivity (Wildman–Crippen MR) is 45.9 cm³/mol. The van der Waals surface area contributed by atoms with Gasteiger partial charge in [-0.25, -0.2) is 0 Å². The highest BCUT2D eigenvalue weighted by molar-refractivity contribution is 5.33. The van der Waals surface area contributed by atoms with Crippen LogP contribution in [0.15, 0.2) is 23.3 Å². The van der Waals surface area contributed by atoms with Crippen molar-refractivity contribution in [2.75, 3.05) is 0 Å². The third-order valence-corrected chi connectivity index (χ3v) is 2.05. The zero-order valence-corrected chi connectivity index (χ0v) is 7.15. The molecule has 1 aliphatic carbocycles. The Balaban J connectivity index is 2.57. The monoisotopic (exact) mass is 136 g/mol. The Morgan fingerprint density at radius 2 is 2.20 bits per heavy atom. The second-order valence-corrected chi connectivity index (χ2v) is 3.17. The molecule has 0 bridgehead atoms. The minimum Gasteiger partial charge on any atom is -0.0747 e. The van der Waals surface area contributed by atoms with E-state index >= 15 is 0 Å². The van der Waals surface area contributed by atoms with Crippen molar-refractivity contribution < 1.29 is 0 Å². The first kappa shape index (κ1) is 7.59. The van der Waals surface area contributed by atoms with E-state index in [0.717, 1.165) is 0 Å². The molecule has 0 amide bonds. The number of hydrogen-bond acceptors (Lipinski definition) is 0. The van der Waals surface area contributed by atoms with Crippen LogP contribution in [-0.2, 0) is 0 Å². The van der Waals surface area contributed by atoms with Gasteiger partial charge in [-0.2, -0.15) is 0 Å². The van der Waals surface area contributed by atoms with Gasteiger partial charge < -0.3 is 0 Å². The fraction of sp³-hybridized carbons (Fsp3) is 0.600. The van der Waals surface area contributed by atoms with Crippen molar-refractivity contribution in [2.45, 2.75) is 33.6 Å². The lowest BCUT2D eigenvalue weighted by atomic mass is 10.0. The van der Waals surface area contributed by atoms with Gasteiger partial charge in [0.25, 0.3) is 0 Å². The van der Waals surface area contributed by atoms with Crippen molar-refractivity contribution in [2.24, 2.45) is 5.92 Å². The summed E-state index contributed by atoms with van der Waals surface area (Å²) in [5.74, 6) is 0.708. The molecule has 0 spiro atoms. The summed E-state index contributed by atoms with van der Waals surface area (Å²) in [7, 11) is 0. The van der Waals surface area contributed by atoms with E-state index in [-0.39, 0.29) is 0 Å². The molecule has 0 aromatic heterocycles. The minimum absolute atomic E-state index is 0.708. The molecule has 0 saturated heterocycles. The van der Waals surface area contributed by atoms with Gasteiger partial charge in [-0.15, -0.1) is 0 Å². The third kappa shape index (κ3) is 1.50. The van der Waals surface area contributed by atoms with Gasteiger partial charge in [0.05, 0.1) is 0 Å². The van der Waals surface area contributed by atoms with Crippen molar-refractivity contribution in [1.29, 1.82) is 0 Å². The van der Waals surface area contributed by atoms with E-state index in [9.17, 15) is 0 Å². The molecule has 0 aromatic carbocycles. The molecule has 0 heterocycles. The molecular formula is C10H16. The van der Waals surface area contributed by atoms with Gasteiger partial charge in [0.15, 0.2) is 0 Å². The fourth-order valence-electron chi connectivity index (χ4n) is 1.56. The zero-order valence-electron chi connectivity index (χ0n) is 7.15. The van der Waals surface area contributed by atoms with Crippen molar-refractivity contribution in [1.82, 2.24) is 0 Å². The molecule has 1 rings (SSSR count). The van der Waals surface area contributed by atoms with E-state index in [1.165, 1.54) is 18.4 Å². The highest BCUT2D eigenvalue weighted by Crippen LogP contribution is 2.26. The smallest absolute Gasteiger partial charge is 0.00427 e. The van der Waals surface area contributed by atoms with Crippen molar-refractivity contribution in [3.8, 4) is 0 Å². The molecule has 1 aliphatic rings. The van der Waals surface area contributed by atoms with Crippen LogP contribution in [0.5, 0.6) is 0 Å². The molecule has 1 unspecified atom stereocenters. The maximum Gasteiger partial charge on any atom is -0.00427 e. The molecule has 0 nitrogen and oxygen atoms in total. The SMILES string of the molecule is CCCC1=CC(C)=CC1C. The van der Waals surface area contributed by atoms with Crippen LogP contribution in [0.25, 0.3) is 0 Å². The molecule has 0 saturated carbocycles. The van der Waals surface area contributed by atoms with Gasteiger partial charge in [-0.05, 0) is 19.3 Å². The van der Waals surface area contributed by atoms with Crippen LogP contribution >= 0.6 is 0 Å². The Hall–Kier alpha value is -0.520. The number of rotatable bonds is 2. The summed E-state index contributed by atoms with van der Waals surface area (Å²) in [4.78, 5) is 0. The number of hydrogen-bond donors (Lipinski definition) is 0. The maximum atomic E-state index is 2.34. The van der Waals surface area contributed by atoms with Crippen LogP contribution < -0.4 is 0 Å². The summed E-state index contributed by atoms with van der Waals surface area (Å²) in [6.45, 7) is 6.69. The molecule has 0 aliphatic heterocycles. The highest BCUT2D eigenvalue weighted by Gasteiger charge is 2.10. The second-order valence-electron chi connectivity index (χ2n) is 3.17. The molecule has 0 heteroatoms. The number of allylic oxidation sites excluding steroid dienone is 4. The van der Waals surface area contributed by atoms with E-state index in [4.69, 9.17) is 0 Å². The zero-order chi connectivity index (χ0) is 7.56. The second kappa shape index (κ2) is 3.05. The van der Waals surface area contributed by atoms with Gasteiger partial charge in [-0.1, -0.05) is 43.6 Å². The maximum absolute atomic E-state index is 2.34. The minimum atomic E-state index is 0.708. The lowest BCUT2D eigenvalue weighted by Crippen LogP contribution is -1.89. The van der Waals surface area contributed by atoms with Crippen LogP contribution in [-0.4, -0.2) is 0 Å². The summed E-state index contributed by atoms with van der Waals surface area (Å²) in [6, 6.07) is 0. The normalized spacial score (nSPS) is 24.5. The van der Waals surface area contributed by atoms with E-state index in [1.807, 2.05) is 0 Å². The molecule has 0 fully saturated rings. The van der Waals surface area contributed by atoms with Gasteiger partial charge in [0, 0.05) is 0 Å². The molecular weight excluding hydrogens is 120 g/mol. The topological polar surface area (TPSA) is 0 Å². The van der Waals surface area contributed by atoms with Crippen molar-refractivity contribution >= 4 is 0 Å². The predicted octanol–water partition coefficient (Wildman–Crippen LogP) is 3.31. The highest BCUT2D eigenvalue weighted by atomic mass is 14.2. The summed E-state index contributed by atoms with van der Waals surface area (Å²) in [5.41, 5.74) is 3.05. The Morgan fingerprint density at radius 3 is 2.60 bits per heavy atom. The van der Waals surface area contributed by atoms with Crippen LogP contribution in [0, 0.1) is 5.92 Å². The summed E-state index contributed by atoms with van der Waals surface area (Å²) in [5, 5.41) is 0. The Bertz CT molecular complexity index is 172. The molecule has 10 heavy (non-hydrogen) atoms. The molecule has 56 valence electrons. The lowest BCUT2D eigenvalue weighted by molar-refractivity contribution is 0.773. The van der Waals surface area contributed by atoms with Gasteiger partial charge >= 0.3 is 0 Å². The average molecular weight is 136 g/mol. The van der Waals surface area contributed by atoms with Crippen LogP contribution in [0.1, 0.15) is 33.6 Å². The largest absolute Gasteiger partial charge is 0.0747 e. The van der Waals surface area contributed by atoms with E-state index < -0.39 is 0 Å². The van der Waals surface area contributed by atoms with Gasteiger partial charge in [0.1, 0.15) is 0 Å². The summed E-state index contributed by atoms with van der Waals surface area (Å²) >= 11 is 0. The standard InChI is InChI=1S/C10H16/c1-4-5-10-7-8(2)6-9(10)3/h6-7,9H,4-5H2,1-3H3. The van der Waals surface area contributed by atoms with E-state index in [2.05, 4.69) is 32.9 Å². The molecule has 1 atom stereocenters. The lowest BCUT2D eigenvalue weighted by Gasteiger charge is -2.04. The molecule has 0 N–H and O–H groups in total.